The molecule has 116 valence electrons. The first-order valence-electron chi connectivity index (χ1n) is 7.64. The Labute approximate surface area is 127 Å². The number of aryl methyl sites for hydroxylation is 2. The predicted octanol–water partition coefficient (Wildman–Crippen LogP) is 2.22. The average molecular weight is 290 g/mol. The summed E-state index contributed by atoms with van der Waals surface area (Å²) in [6.45, 7) is 11.6. The van der Waals surface area contributed by atoms with Crippen molar-refractivity contribution in [3.63, 3.8) is 0 Å². The van der Waals surface area contributed by atoms with Crippen molar-refractivity contribution in [2.75, 3.05) is 18.0 Å². The predicted molar refractivity (Wildman–Crippen MR) is 84.3 cm³/mol. The van der Waals surface area contributed by atoms with E-state index in [-0.39, 0.29) is 17.4 Å². The Bertz CT molecular complexity index is 493. The van der Waals surface area contributed by atoms with Crippen molar-refractivity contribution in [1.29, 1.82) is 0 Å². The number of carbonyl (C=O) groups excluding carboxylic acids is 1. The number of carbonyl (C=O) groups is 1. The lowest BCUT2D eigenvalue weighted by molar-refractivity contribution is -0.129. The van der Waals surface area contributed by atoms with E-state index in [1.807, 2.05) is 40.7 Å². The van der Waals surface area contributed by atoms with E-state index in [4.69, 9.17) is 0 Å². The van der Waals surface area contributed by atoms with Crippen LogP contribution in [0.5, 0.6) is 0 Å². The maximum atomic E-state index is 12.0. The SMILES string of the molecule is Cc1cc(N2CCC(NC(=O)C(C)(C)C)CC2)nc(C)n1. The Morgan fingerprint density at radius 2 is 1.86 bits per heavy atom. The summed E-state index contributed by atoms with van der Waals surface area (Å²) < 4.78 is 0. The smallest absolute Gasteiger partial charge is 0.225 e. The number of hydrogen-bond donors (Lipinski definition) is 1. The fraction of sp³-hybridized carbons (Fsp3) is 0.688. The molecule has 1 fully saturated rings. The van der Waals surface area contributed by atoms with Gasteiger partial charge in [-0.25, -0.2) is 9.97 Å². The van der Waals surface area contributed by atoms with Crippen LogP contribution in [0.2, 0.25) is 0 Å². The molecule has 2 heterocycles. The second-order valence-electron chi connectivity index (χ2n) is 6.90. The number of piperidine rings is 1. The Morgan fingerprint density at radius 1 is 1.24 bits per heavy atom. The van der Waals surface area contributed by atoms with Crippen LogP contribution in [-0.2, 0) is 4.79 Å². The maximum Gasteiger partial charge on any atom is 0.225 e. The molecule has 21 heavy (non-hydrogen) atoms. The molecule has 5 nitrogen and oxygen atoms in total. The van der Waals surface area contributed by atoms with E-state index in [1.54, 1.807) is 0 Å². The number of rotatable bonds is 2. The molecular weight excluding hydrogens is 264 g/mol. The summed E-state index contributed by atoms with van der Waals surface area (Å²) >= 11 is 0. The van der Waals surface area contributed by atoms with E-state index < -0.39 is 0 Å². The zero-order valence-electron chi connectivity index (χ0n) is 13.7. The van der Waals surface area contributed by atoms with Gasteiger partial charge in [-0.15, -0.1) is 0 Å². The van der Waals surface area contributed by atoms with Gasteiger partial charge >= 0.3 is 0 Å². The average Bonchev–Trinajstić information content (AvgIpc) is 2.37. The fourth-order valence-corrected chi connectivity index (χ4v) is 2.51. The first-order chi connectivity index (χ1) is 9.75. The molecule has 1 aromatic rings. The minimum absolute atomic E-state index is 0.134. The van der Waals surface area contributed by atoms with Crippen LogP contribution >= 0.6 is 0 Å². The topological polar surface area (TPSA) is 58.1 Å². The van der Waals surface area contributed by atoms with Crippen molar-refractivity contribution >= 4 is 11.7 Å². The van der Waals surface area contributed by atoms with Crippen LogP contribution < -0.4 is 10.2 Å². The van der Waals surface area contributed by atoms with Gasteiger partial charge in [0.25, 0.3) is 0 Å². The van der Waals surface area contributed by atoms with Crippen molar-refractivity contribution in [2.24, 2.45) is 5.41 Å². The normalized spacial score (nSPS) is 16.9. The van der Waals surface area contributed by atoms with Crippen LogP contribution in [0.25, 0.3) is 0 Å². The van der Waals surface area contributed by atoms with Crippen molar-refractivity contribution in [3.8, 4) is 0 Å². The summed E-state index contributed by atoms with van der Waals surface area (Å²) in [4.78, 5) is 23.1. The molecule has 5 heteroatoms. The number of amides is 1. The van der Waals surface area contributed by atoms with Gasteiger partial charge in [0.05, 0.1) is 0 Å². The first kappa shape index (κ1) is 15.7. The van der Waals surface area contributed by atoms with Crippen LogP contribution in [0.4, 0.5) is 5.82 Å². The van der Waals surface area contributed by atoms with E-state index in [9.17, 15) is 4.79 Å². The van der Waals surface area contributed by atoms with Gasteiger partial charge < -0.3 is 10.2 Å². The molecule has 0 bridgehead atoms. The van der Waals surface area contributed by atoms with Gasteiger partial charge in [-0.1, -0.05) is 20.8 Å². The molecule has 1 aliphatic heterocycles. The minimum atomic E-state index is -0.321. The molecular formula is C16H26N4O. The molecule has 0 spiro atoms. The molecule has 0 saturated carbocycles. The van der Waals surface area contributed by atoms with Crippen LogP contribution in [0, 0.1) is 19.3 Å². The number of nitrogens with one attached hydrogen (secondary N) is 1. The van der Waals surface area contributed by atoms with Gasteiger partial charge in [0.1, 0.15) is 11.6 Å². The van der Waals surface area contributed by atoms with Crippen molar-refractivity contribution in [1.82, 2.24) is 15.3 Å². The number of hydrogen-bond acceptors (Lipinski definition) is 4. The van der Waals surface area contributed by atoms with E-state index >= 15 is 0 Å². The lowest BCUT2D eigenvalue weighted by Crippen LogP contribution is -2.48. The highest BCUT2D eigenvalue weighted by Crippen LogP contribution is 2.20. The number of nitrogens with zero attached hydrogens (tertiary/aromatic N) is 3. The third kappa shape index (κ3) is 4.16. The summed E-state index contributed by atoms with van der Waals surface area (Å²) in [5, 5.41) is 3.16. The zero-order chi connectivity index (χ0) is 15.6. The molecule has 0 unspecified atom stereocenters. The van der Waals surface area contributed by atoms with E-state index in [1.165, 1.54) is 0 Å². The molecule has 0 atom stereocenters. The summed E-state index contributed by atoms with van der Waals surface area (Å²) in [7, 11) is 0. The third-order valence-electron chi connectivity index (χ3n) is 3.79. The summed E-state index contributed by atoms with van der Waals surface area (Å²) in [6.07, 6.45) is 1.92. The van der Waals surface area contributed by atoms with Gasteiger partial charge in [-0.3, -0.25) is 4.79 Å². The van der Waals surface area contributed by atoms with Gasteiger partial charge in [0, 0.05) is 36.3 Å². The second kappa shape index (κ2) is 6.00. The lowest BCUT2D eigenvalue weighted by Gasteiger charge is -2.34. The van der Waals surface area contributed by atoms with Crippen LogP contribution in [-0.4, -0.2) is 35.0 Å². The Morgan fingerprint density at radius 3 is 2.38 bits per heavy atom. The molecule has 1 aromatic heterocycles. The summed E-state index contributed by atoms with van der Waals surface area (Å²) in [5.41, 5.74) is 0.679. The second-order valence-corrected chi connectivity index (χ2v) is 6.90. The third-order valence-corrected chi connectivity index (χ3v) is 3.79. The largest absolute Gasteiger partial charge is 0.356 e. The molecule has 0 aromatic carbocycles. The van der Waals surface area contributed by atoms with E-state index in [2.05, 4.69) is 20.2 Å². The highest BCUT2D eigenvalue weighted by atomic mass is 16.2. The van der Waals surface area contributed by atoms with Crippen molar-refractivity contribution < 1.29 is 4.79 Å². The van der Waals surface area contributed by atoms with Crippen molar-refractivity contribution in [3.05, 3.63) is 17.6 Å². The molecule has 1 amide bonds. The summed E-state index contributed by atoms with van der Waals surface area (Å²) in [5.74, 6) is 1.95. The van der Waals surface area contributed by atoms with Gasteiger partial charge in [0.15, 0.2) is 0 Å². The van der Waals surface area contributed by atoms with Crippen LogP contribution in [0.15, 0.2) is 6.07 Å². The molecule has 0 aliphatic carbocycles. The highest BCUT2D eigenvalue weighted by Gasteiger charge is 2.26. The fourth-order valence-electron chi connectivity index (χ4n) is 2.51. The van der Waals surface area contributed by atoms with E-state index in [0.29, 0.717) is 0 Å². The number of anilines is 1. The van der Waals surface area contributed by atoms with Gasteiger partial charge in [-0.2, -0.15) is 0 Å². The van der Waals surface area contributed by atoms with E-state index in [0.717, 1.165) is 43.3 Å². The molecule has 2 rings (SSSR count). The Hall–Kier alpha value is -1.65. The quantitative estimate of drug-likeness (QED) is 0.907. The van der Waals surface area contributed by atoms with Gasteiger partial charge in [-0.05, 0) is 26.7 Å². The molecule has 1 aliphatic rings. The molecule has 0 radical (unpaired) electrons. The Kier molecular flexibility index (Phi) is 4.49. The van der Waals surface area contributed by atoms with Gasteiger partial charge in [0.2, 0.25) is 5.91 Å². The Balaban J connectivity index is 1.93. The first-order valence-corrected chi connectivity index (χ1v) is 7.64. The lowest BCUT2D eigenvalue weighted by atomic mass is 9.94. The van der Waals surface area contributed by atoms with Crippen LogP contribution in [0.3, 0.4) is 0 Å². The molecule has 1 saturated heterocycles. The summed E-state index contributed by atoms with van der Waals surface area (Å²) in [6, 6.07) is 2.30. The zero-order valence-corrected chi connectivity index (χ0v) is 13.7. The molecule has 1 N–H and O–H groups in total. The minimum Gasteiger partial charge on any atom is -0.356 e. The monoisotopic (exact) mass is 290 g/mol. The highest BCUT2D eigenvalue weighted by molar-refractivity contribution is 5.81. The van der Waals surface area contributed by atoms with Crippen LogP contribution in [0.1, 0.15) is 45.1 Å². The van der Waals surface area contributed by atoms with Crippen molar-refractivity contribution in [2.45, 2.75) is 53.5 Å². The maximum absolute atomic E-state index is 12.0. The number of aromatic nitrogens is 2. The standard InChI is InChI=1S/C16H26N4O/c1-11-10-14(18-12(2)17-11)20-8-6-13(7-9-20)19-15(21)16(3,4)5/h10,13H,6-9H2,1-5H3,(H,19,21).